The number of anilines is 1. The lowest BCUT2D eigenvalue weighted by molar-refractivity contribution is 0.146. The molecular weight excluding hydrogens is 314 g/mol. The summed E-state index contributed by atoms with van der Waals surface area (Å²) in [6.07, 6.45) is 4.16. The van der Waals surface area contributed by atoms with E-state index in [4.69, 9.17) is 14.5 Å². The number of hydrogen-bond acceptors (Lipinski definition) is 5. The maximum atomic E-state index is 5.71. The number of fused-ring (bicyclic) bond motifs is 2. The topological polar surface area (TPSA) is 46.6 Å². The van der Waals surface area contributed by atoms with Gasteiger partial charge in [-0.25, -0.2) is 0 Å². The highest BCUT2D eigenvalue weighted by Crippen LogP contribution is 2.34. The second-order valence-electron chi connectivity index (χ2n) is 7.13. The lowest BCUT2D eigenvalue weighted by Crippen LogP contribution is -2.37. The van der Waals surface area contributed by atoms with E-state index in [0.717, 1.165) is 50.4 Å². The van der Waals surface area contributed by atoms with Crippen molar-refractivity contribution in [2.75, 3.05) is 45.8 Å². The zero-order valence-corrected chi connectivity index (χ0v) is 15.2. The summed E-state index contributed by atoms with van der Waals surface area (Å²) >= 11 is 0. The Balaban J connectivity index is 1.78. The number of hydrogen-bond donors (Lipinski definition) is 1. The quantitative estimate of drug-likeness (QED) is 0.930. The van der Waals surface area contributed by atoms with Crippen molar-refractivity contribution in [1.29, 1.82) is 0 Å². The van der Waals surface area contributed by atoms with Gasteiger partial charge in [0.25, 0.3) is 0 Å². The molecule has 2 aliphatic heterocycles. The fourth-order valence-electron chi connectivity index (χ4n) is 3.90. The molecule has 0 saturated carbocycles. The third-order valence-electron chi connectivity index (χ3n) is 5.43. The molecule has 0 bridgehead atoms. The van der Waals surface area contributed by atoms with E-state index < -0.39 is 0 Å². The van der Waals surface area contributed by atoms with E-state index in [-0.39, 0.29) is 0 Å². The van der Waals surface area contributed by atoms with Crippen LogP contribution in [0.25, 0.3) is 10.9 Å². The van der Waals surface area contributed by atoms with Gasteiger partial charge in [0.15, 0.2) is 0 Å². The number of aromatic nitrogens is 1. The normalized spacial score (nSPS) is 19.4. The molecule has 4 rings (SSSR count). The molecule has 5 heteroatoms. The number of methoxy groups -OCH3 is 1. The van der Waals surface area contributed by atoms with Gasteiger partial charge in [-0.15, -0.1) is 0 Å². The smallest absolute Gasteiger partial charge is 0.119 e. The van der Waals surface area contributed by atoms with Crippen molar-refractivity contribution in [2.24, 2.45) is 0 Å². The van der Waals surface area contributed by atoms with Gasteiger partial charge in [0.2, 0.25) is 0 Å². The predicted molar refractivity (Wildman–Crippen MR) is 101 cm³/mol. The molecule has 2 aromatic rings. The summed E-state index contributed by atoms with van der Waals surface area (Å²) in [6.45, 7) is 3.83. The molecule has 3 heterocycles. The third-order valence-corrected chi connectivity index (χ3v) is 5.43. The molecule has 0 aliphatic carbocycles. The van der Waals surface area contributed by atoms with Gasteiger partial charge < -0.3 is 19.7 Å². The van der Waals surface area contributed by atoms with Gasteiger partial charge in [0, 0.05) is 29.2 Å². The van der Waals surface area contributed by atoms with Gasteiger partial charge in [-0.05, 0) is 63.2 Å². The Morgan fingerprint density at radius 1 is 1.20 bits per heavy atom. The van der Waals surface area contributed by atoms with Crippen molar-refractivity contribution in [3.63, 3.8) is 0 Å². The molecule has 1 N–H and O–H groups in total. The van der Waals surface area contributed by atoms with Crippen molar-refractivity contribution >= 4 is 16.6 Å². The Labute approximate surface area is 149 Å². The van der Waals surface area contributed by atoms with Crippen LogP contribution in [-0.2, 0) is 17.6 Å². The molecule has 1 aromatic heterocycles. The minimum Gasteiger partial charge on any atom is -0.497 e. The highest BCUT2D eigenvalue weighted by Gasteiger charge is 2.22. The number of benzene rings is 1. The number of nitrogens with one attached hydrogen (secondary N) is 1. The molecule has 0 spiro atoms. The minimum atomic E-state index is 0.515. The summed E-state index contributed by atoms with van der Waals surface area (Å²) in [6, 6.07) is 6.70. The largest absolute Gasteiger partial charge is 0.497 e. The number of piperidine rings is 1. The maximum Gasteiger partial charge on any atom is 0.119 e. The van der Waals surface area contributed by atoms with Crippen LogP contribution >= 0.6 is 0 Å². The molecular formula is C20H27N3O2. The molecule has 1 saturated heterocycles. The van der Waals surface area contributed by atoms with Gasteiger partial charge in [0.1, 0.15) is 5.75 Å². The summed E-state index contributed by atoms with van der Waals surface area (Å²) in [5.74, 6) is 0.880. The molecule has 25 heavy (non-hydrogen) atoms. The first kappa shape index (κ1) is 16.6. The van der Waals surface area contributed by atoms with Crippen LogP contribution in [0.3, 0.4) is 0 Å². The van der Waals surface area contributed by atoms with Crippen molar-refractivity contribution in [1.82, 2.24) is 9.88 Å². The third kappa shape index (κ3) is 3.44. The highest BCUT2D eigenvalue weighted by molar-refractivity contribution is 5.94. The number of rotatable bonds is 3. The average molecular weight is 341 g/mol. The number of ether oxygens (including phenoxy) is 2. The van der Waals surface area contributed by atoms with Crippen LogP contribution in [0.4, 0.5) is 5.69 Å². The second-order valence-corrected chi connectivity index (χ2v) is 7.13. The van der Waals surface area contributed by atoms with Gasteiger partial charge in [-0.3, -0.25) is 4.98 Å². The molecule has 1 aromatic carbocycles. The summed E-state index contributed by atoms with van der Waals surface area (Å²) in [5.41, 5.74) is 4.80. The summed E-state index contributed by atoms with van der Waals surface area (Å²) in [4.78, 5) is 7.34. The standard InChI is InChI=1S/C20H27N3O2/c1-23-9-5-14(6-10-23)21-20-16-7-11-25-12-8-19(16)22-18-4-3-15(24-2)13-17(18)20/h3-4,13-14H,5-12H2,1-2H3,(H,21,22). The van der Waals surface area contributed by atoms with Crippen LogP contribution in [-0.4, -0.2) is 56.4 Å². The summed E-state index contributed by atoms with van der Waals surface area (Å²) in [5, 5.41) is 5.04. The number of pyridine rings is 1. The zero-order chi connectivity index (χ0) is 17.2. The van der Waals surface area contributed by atoms with Crippen molar-refractivity contribution in [3.8, 4) is 5.75 Å². The van der Waals surface area contributed by atoms with Crippen molar-refractivity contribution in [2.45, 2.75) is 31.7 Å². The average Bonchev–Trinajstić information content (AvgIpc) is 2.88. The molecule has 0 radical (unpaired) electrons. The first-order chi connectivity index (χ1) is 12.2. The summed E-state index contributed by atoms with van der Waals surface area (Å²) in [7, 11) is 3.92. The Hall–Kier alpha value is -1.85. The first-order valence-electron chi connectivity index (χ1n) is 9.27. The van der Waals surface area contributed by atoms with Crippen LogP contribution in [0.2, 0.25) is 0 Å². The highest BCUT2D eigenvalue weighted by atomic mass is 16.5. The van der Waals surface area contributed by atoms with Crippen LogP contribution < -0.4 is 10.1 Å². The fraction of sp³-hybridized carbons (Fsp3) is 0.550. The van der Waals surface area contributed by atoms with E-state index in [2.05, 4.69) is 29.4 Å². The molecule has 134 valence electrons. The Bertz CT molecular complexity index is 754. The van der Waals surface area contributed by atoms with Crippen molar-refractivity contribution in [3.05, 3.63) is 29.5 Å². The van der Waals surface area contributed by atoms with E-state index in [0.29, 0.717) is 6.04 Å². The molecule has 0 unspecified atom stereocenters. The Kier molecular flexibility index (Phi) is 4.77. The molecule has 2 aliphatic rings. The monoisotopic (exact) mass is 341 g/mol. The lowest BCUT2D eigenvalue weighted by Gasteiger charge is -2.31. The van der Waals surface area contributed by atoms with Crippen LogP contribution in [0.1, 0.15) is 24.1 Å². The van der Waals surface area contributed by atoms with Crippen LogP contribution in [0.5, 0.6) is 5.75 Å². The summed E-state index contributed by atoms with van der Waals surface area (Å²) < 4.78 is 11.2. The minimum absolute atomic E-state index is 0.515. The van der Waals surface area contributed by atoms with Crippen LogP contribution in [0, 0.1) is 0 Å². The van der Waals surface area contributed by atoms with Gasteiger partial charge >= 0.3 is 0 Å². The Morgan fingerprint density at radius 2 is 2.00 bits per heavy atom. The van der Waals surface area contributed by atoms with E-state index in [9.17, 15) is 0 Å². The Morgan fingerprint density at radius 3 is 2.80 bits per heavy atom. The molecule has 0 amide bonds. The van der Waals surface area contributed by atoms with Gasteiger partial charge in [-0.1, -0.05) is 0 Å². The van der Waals surface area contributed by atoms with E-state index >= 15 is 0 Å². The zero-order valence-electron chi connectivity index (χ0n) is 15.2. The first-order valence-corrected chi connectivity index (χ1v) is 9.27. The fourth-order valence-corrected chi connectivity index (χ4v) is 3.90. The van der Waals surface area contributed by atoms with E-state index in [1.807, 2.05) is 6.07 Å². The van der Waals surface area contributed by atoms with E-state index in [1.54, 1.807) is 7.11 Å². The molecule has 0 atom stereocenters. The molecule has 5 nitrogen and oxygen atoms in total. The predicted octanol–water partition coefficient (Wildman–Crippen LogP) is 2.86. The second kappa shape index (κ2) is 7.18. The number of nitrogens with zero attached hydrogens (tertiary/aromatic N) is 2. The lowest BCUT2D eigenvalue weighted by atomic mass is 9.99. The molecule has 1 fully saturated rings. The van der Waals surface area contributed by atoms with Gasteiger partial charge in [0.05, 0.1) is 25.8 Å². The SMILES string of the molecule is COc1ccc2nc3c(c(NC4CCN(C)CC4)c2c1)CCOCC3. The van der Waals surface area contributed by atoms with E-state index in [1.165, 1.54) is 35.2 Å². The van der Waals surface area contributed by atoms with Crippen LogP contribution in [0.15, 0.2) is 18.2 Å². The number of likely N-dealkylation sites (tertiary alicyclic amines) is 1. The van der Waals surface area contributed by atoms with Gasteiger partial charge in [-0.2, -0.15) is 0 Å². The maximum absolute atomic E-state index is 5.71. The van der Waals surface area contributed by atoms with Crippen molar-refractivity contribution < 1.29 is 9.47 Å².